The number of guanidine groups is 1. The Morgan fingerprint density at radius 2 is 1.95 bits per heavy atom. The Balaban J connectivity index is 0.00000161. The number of para-hydroxylation sites is 1. The van der Waals surface area contributed by atoms with Crippen LogP contribution in [-0.2, 0) is 0 Å². The van der Waals surface area contributed by atoms with Crippen molar-refractivity contribution in [2.24, 2.45) is 16.5 Å². The molecule has 1 aromatic carbocycles. The van der Waals surface area contributed by atoms with Gasteiger partial charge in [-0.1, -0.05) is 29.5 Å². The lowest BCUT2D eigenvalue weighted by Crippen LogP contribution is -2.21. The van der Waals surface area contributed by atoms with Crippen molar-refractivity contribution in [1.29, 1.82) is 0 Å². The summed E-state index contributed by atoms with van der Waals surface area (Å²) in [5, 5.41) is 1.75. The second-order valence-corrected chi connectivity index (χ2v) is 5.79. The number of halogens is 1. The standard InChI is InChI=1S/C14H15N5S.ClH/c1-7-11(9-5-3-4-6-10(9)17-7)12-8(2)20-14(18-12)19-13(15)16;/h3-6,17H,1-2H3,(H4,15,16,18,19);1H. The van der Waals surface area contributed by atoms with E-state index in [-0.39, 0.29) is 18.4 Å². The van der Waals surface area contributed by atoms with E-state index < -0.39 is 0 Å². The minimum Gasteiger partial charge on any atom is -0.370 e. The molecule has 0 aliphatic rings. The van der Waals surface area contributed by atoms with Gasteiger partial charge >= 0.3 is 0 Å². The normalized spacial score (nSPS) is 10.4. The number of thiazole rings is 1. The Kier molecular flexibility index (Phi) is 4.20. The Hall–Kier alpha value is -2.05. The lowest BCUT2D eigenvalue weighted by molar-refractivity contribution is 1.27. The van der Waals surface area contributed by atoms with E-state index in [1.165, 1.54) is 11.3 Å². The summed E-state index contributed by atoms with van der Waals surface area (Å²) in [4.78, 5) is 13.1. The molecule has 21 heavy (non-hydrogen) atoms. The molecule has 0 spiro atoms. The number of nitrogens with zero attached hydrogens (tertiary/aromatic N) is 2. The van der Waals surface area contributed by atoms with Crippen LogP contribution in [0, 0.1) is 13.8 Å². The number of aromatic nitrogens is 2. The molecule has 7 heteroatoms. The average Bonchev–Trinajstić information content (AvgIpc) is 2.87. The van der Waals surface area contributed by atoms with Crippen LogP contribution in [0.4, 0.5) is 5.13 Å². The summed E-state index contributed by atoms with van der Waals surface area (Å²) >= 11 is 1.49. The van der Waals surface area contributed by atoms with Crippen LogP contribution in [0.5, 0.6) is 0 Å². The van der Waals surface area contributed by atoms with Crippen molar-refractivity contribution < 1.29 is 0 Å². The molecule has 0 saturated heterocycles. The molecule has 0 aliphatic heterocycles. The highest BCUT2D eigenvalue weighted by Gasteiger charge is 2.16. The number of aromatic amines is 1. The zero-order valence-electron chi connectivity index (χ0n) is 11.7. The van der Waals surface area contributed by atoms with E-state index in [0.717, 1.165) is 32.7 Å². The number of nitrogens with two attached hydrogens (primary N) is 2. The molecule has 0 bridgehead atoms. The number of aryl methyl sites for hydroxylation is 2. The van der Waals surface area contributed by atoms with Gasteiger partial charge in [-0.15, -0.1) is 12.4 Å². The van der Waals surface area contributed by atoms with Crippen LogP contribution in [0.2, 0.25) is 0 Å². The molecule has 5 N–H and O–H groups in total. The lowest BCUT2D eigenvalue weighted by Gasteiger charge is -1.98. The van der Waals surface area contributed by atoms with Crippen LogP contribution in [0.15, 0.2) is 29.3 Å². The van der Waals surface area contributed by atoms with E-state index in [0.29, 0.717) is 5.13 Å². The summed E-state index contributed by atoms with van der Waals surface area (Å²) < 4.78 is 0. The van der Waals surface area contributed by atoms with Gasteiger partial charge in [-0.05, 0) is 19.9 Å². The summed E-state index contributed by atoms with van der Waals surface area (Å²) in [7, 11) is 0. The molecule has 3 aromatic rings. The zero-order chi connectivity index (χ0) is 14.3. The SMILES string of the molecule is Cc1[nH]c2ccccc2c1-c1nc(N=C(N)N)sc1C.Cl. The first kappa shape index (κ1) is 15.3. The van der Waals surface area contributed by atoms with Crippen molar-refractivity contribution in [1.82, 2.24) is 9.97 Å². The van der Waals surface area contributed by atoms with Crippen molar-refractivity contribution in [3.63, 3.8) is 0 Å². The van der Waals surface area contributed by atoms with E-state index in [1.807, 2.05) is 26.0 Å². The number of hydrogen-bond acceptors (Lipinski definition) is 3. The highest BCUT2D eigenvalue weighted by Crippen LogP contribution is 2.37. The van der Waals surface area contributed by atoms with Gasteiger partial charge in [0.25, 0.3) is 0 Å². The maximum Gasteiger partial charge on any atom is 0.213 e. The fraction of sp³-hybridized carbons (Fsp3) is 0.143. The minimum atomic E-state index is 0. The van der Waals surface area contributed by atoms with Crippen LogP contribution in [0.1, 0.15) is 10.6 Å². The molecule has 2 heterocycles. The van der Waals surface area contributed by atoms with Crippen LogP contribution in [0.3, 0.4) is 0 Å². The number of benzene rings is 1. The fourth-order valence-electron chi connectivity index (χ4n) is 2.35. The van der Waals surface area contributed by atoms with Gasteiger partial charge in [-0.25, -0.2) is 4.98 Å². The van der Waals surface area contributed by atoms with E-state index in [1.54, 1.807) is 0 Å². The molecule has 0 aliphatic carbocycles. The zero-order valence-corrected chi connectivity index (χ0v) is 13.3. The van der Waals surface area contributed by atoms with Crippen molar-refractivity contribution >= 4 is 45.7 Å². The number of H-pyrrole nitrogens is 1. The number of hydrogen-bond donors (Lipinski definition) is 3. The molecule has 0 fully saturated rings. The molecular formula is C14H16ClN5S. The van der Waals surface area contributed by atoms with Gasteiger partial charge in [0, 0.05) is 27.0 Å². The molecule has 0 amide bonds. The predicted octanol–water partition coefficient (Wildman–Crippen LogP) is 3.23. The van der Waals surface area contributed by atoms with Gasteiger partial charge < -0.3 is 16.5 Å². The van der Waals surface area contributed by atoms with Crippen molar-refractivity contribution in [3.8, 4) is 11.3 Å². The van der Waals surface area contributed by atoms with E-state index >= 15 is 0 Å². The van der Waals surface area contributed by atoms with Crippen LogP contribution in [-0.4, -0.2) is 15.9 Å². The van der Waals surface area contributed by atoms with Crippen LogP contribution >= 0.6 is 23.7 Å². The minimum absolute atomic E-state index is 0. The van der Waals surface area contributed by atoms with Crippen molar-refractivity contribution in [2.75, 3.05) is 0 Å². The molecule has 0 atom stereocenters. The van der Waals surface area contributed by atoms with Gasteiger partial charge in [0.1, 0.15) is 0 Å². The third-order valence-electron chi connectivity index (χ3n) is 3.14. The first-order valence-electron chi connectivity index (χ1n) is 6.21. The monoisotopic (exact) mass is 321 g/mol. The second kappa shape index (κ2) is 5.75. The summed E-state index contributed by atoms with van der Waals surface area (Å²) in [6.45, 7) is 4.08. The maximum atomic E-state index is 5.41. The number of aliphatic imine (C=N–C) groups is 1. The highest BCUT2D eigenvalue weighted by atomic mass is 35.5. The van der Waals surface area contributed by atoms with Crippen molar-refractivity contribution in [3.05, 3.63) is 34.8 Å². The molecule has 2 aromatic heterocycles. The van der Waals surface area contributed by atoms with Gasteiger partial charge in [-0.2, -0.15) is 4.99 Å². The topological polar surface area (TPSA) is 93.1 Å². The number of fused-ring (bicyclic) bond motifs is 1. The third-order valence-corrected chi connectivity index (χ3v) is 4.01. The number of rotatable bonds is 2. The van der Waals surface area contributed by atoms with Gasteiger partial charge in [-0.3, -0.25) is 0 Å². The molecule has 110 valence electrons. The first-order valence-corrected chi connectivity index (χ1v) is 7.02. The molecule has 0 unspecified atom stereocenters. The Morgan fingerprint density at radius 1 is 1.24 bits per heavy atom. The molecule has 0 radical (unpaired) electrons. The van der Waals surface area contributed by atoms with Gasteiger partial charge in [0.05, 0.1) is 5.69 Å². The lowest BCUT2D eigenvalue weighted by atomic mass is 10.1. The van der Waals surface area contributed by atoms with Crippen molar-refractivity contribution in [2.45, 2.75) is 13.8 Å². The largest absolute Gasteiger partial charge is 0.370 e. The summed E-state index contributed by atoms with van der Waals surface area (Å²) in [6.07, 6.45) is 0. The second-order valence-electron chi connectivity index (χ2n) is 4.61. The smallest absolute Gasteiger partial charge is 0.213 e. The number of nitrogens with one attached hydrogen (secondary N) is 1. The van der Waals surface area contributed by atoms with Gasteiger partial charge in [0.15, 0.2) is 5.96 Å². The molecule has 0 saturated carbocycles. The summed E-state index contributed by atoms with van der Waals surface area (Å²) in [6, 6.07) is 8.19. The van der Waals surface area contributed by atoms with Gasteiger partial charge in [0.2, 0.25) is 5.13 Å². The molecule has 5 nitrogen and oxygen atoms in total. The Labute approximate surface area is 132 Å². The van der Waals surface area contributed by atoms with Crippen LogP contribution < -0.4 is 11.5 Å². The van der Waals surface area contributed by atoms with Crippen LogP contribution in [0.25, 0.3) is 22.2 Å². The first-order chi connectivity index (χ1) is 9.56. The fourth-order valence-corrected chi connectivity index (χ4v) is 3.16. The highest BCUT2D eigenvalue weighted by molar-refractivity contribution is 7.15. The molecule has 3 rings (SSSR count). The molecular weight excluding hydrogens is 306 g/mol. The Morgan fingerprint density at radius 3 is 2.67 bits per heavy atom. The average molecular weight is 322 g/mol. The maximum absolute atomic E-state index is 5.41. The Bertz CT molecular complexity index is 814. The summed E-state index contributed by atoms with van der Waals surface area (Å²) in [5.74, 6) is 0.0287. The van der Waals surface area contributed by atoms with E-state index in [9.17, 15) is 0 Å². The quantitative estimate of drug-likeness (QED) is 0.499. The summed E-state index contributed by atoms with van der Waals surface area (Å²) in [5.41, 5.74) is 15.1. The van der Waals surface area contributed by atoms with E-state index in [4.69, 9.17) is 11.5 Å². The predicted molar refractivity (Wildman–Crippen MR) is 91.6 cm³/mol. The third kappa shape index (κ3) is 2.72. The van der Waals surface area contributed by atoms with E-state index in [2.05, 4.69) is 27.1 Å².